The monoisotopic (exact) mass is 331 g/mol. The van der Waals surface area contributed by atoms with Gasteiger partial charge in [0.2, 0.25) is 5.78 Å². The van der Waals surface area contributed by atoms with Gasteiger partial charge in [0.25, 0.3) is 0 Å². The summed E-state index contributed by atoms with van der Waals surface area (Å²) in [5.41, 5.74) is 1.14. The first-order chi connectivity index (χ1) is 11.0. The van der Waals surface area contributed by atoms with Gasteiger partial charge in [-0.15, -0.1) is 0 Å². The quantitative estimate of drug-likeness (QED) is 0.863. The molecule has 2 aromatic heterocycles. The Morgan fingerprint density at radius 1 is 1.26 bits per heavy atom. The molecule has 0 radical (unpaired) electrons. The lowest BCUT2D eigenvalue weighted by Crippen LogP contribution is -2.42. The van der Waals surface area contributed by atoms with Crippen molar-refractivity contribution >= 4 is 23.1 Å². The Balaban J connectivity index is 2.15. The molecule has 1 aliphatic heterocycles. The lowest BCUT2D eigenvalue weighted by Gasteiger charge is -2.33. The van der Waals surface area contributed by atoms with E-state index in [4.69, 9.17) is 0 Å². The number of carboxylic acids is 1. The van der Waals surface area contributed by atoms with E-state index in [0.717, 1.165) is 18.5 Å². The number of aliphatic carboxylic acids is 1. The van der Waals surface area contributed by atoms with Crippen LogP contribution in [0.25, 0.3) is 0 Å². The van der Waals surface area contributed by atoms with Crippen molar-refractivity contribution in [1.29, 1.82) is 0 Å². The fourth-order valence-corrected chi connectivity index (χ4v) is 4.32. The summed E-state index contributed by atoms with van der Waals surface area (Å²) in [7, 11) is 0. The fraction of sp³-hybridized carbons (Fsp3) is 0.444. The van der Waals surface area contributed by atoms with Crippen LogP contribution in [-0.2, 0) is 16.8 Å². The van der Waals surface area contributed by atoms with Crippen LogP contribution in [0.4, 0.5) is 0 Å². The van der Waals surface area contributed by atoms with Crippen molar-refractivity contribution in [2.75, 3.05) is 0 Å². The summed E-state index contributed by atoms with van der Waals surface area (Å²) in [6.45, 7) is 4.61. The number of rotatable bonds is 4. The maximum absolute atomic E-state index is 12.7. The molecule has 1 N–H and O–H groups in total. The van der Waals surface area contributed by atoms with Gasteiger partial charge in [0.1, 0.15) is 5.41 Å². The number of carboxylic acid groups (broad SMARTS) is 1. The summed E-state index contributed by atoms with van der Waals surface area (Å²) in [5, 5.41) is 13.7. The van der Waals surface area contributed by atoms with Gasteiger partial charge in [0, 0.05) is 23.2 Å². The predicted molar refractivity (Wildman–Crippen MR) is 90.2 cm³/mol. The predicted octanol–water partition coefficient (Wildman–Crippen LogP) is 3.94. The third-order valence-corrected chi connectivity index (χ3v) is 5.71. The Morgan fingerprint density at radius 3 is 2.65 bits per heavy atom. The van der Waals surface area contributed by atoms with Crippen molar-refractivity contribution in [2.24, 2.45) is 5.92 Å². The highest BCUT2D eigenvalue weighted by Gasteiger charge is 2.46. The first kappa shape index (κ1) is 16.0. The fourth-order valence-electron chi connectivity index (χ4n) is 3.69. The van der Waals surface area contributed by atoms with Crippen LogP contribution in [0.15, 0.2) is 29.0 Å². The molecule has 1 atom stereocenters. The van der Waals surface area contributed by atoms with Gasteiger partial charge in [-0.1, -0.05) is 20.3 Å². The summed E-state index contributed by atoms with van der Waals surface area (Å²) in [5.74, 6) is -0.846. The molecule has 0 saturated carbocycles. The minimum absolute atomic E-state index is 0.0255. The molecule has 0 fully saturated rings. The number of hydrogen-bond donors (Lipinski definition) is 1. The van der Waals surface area contributed by atoms with Crippen molar-refractivity contribution < 1.29 is 14.7 Å². The standard InChI is InChI=1S/C18H21NO3S/c1-12(2)18(17(21)22)8-3-4-9-19-14(5-6-15(18)19)16(20)13-7-10-23-11-13/h5-7,10-12H,3-4,8-9H2,1-2H3,(H,21,22). The highest BCUT2D eigenvalue weighted by molar-refractivity contribution is 7.08. The number of fused-ring (bicyclic) bond motifs is 1. The third-order valence-electron chi connectivity index (χ3n) is 5.02. The zero-order chi connectivity index (χ0) is 16.6. The molecule has 23 heavy (non-hydrogen) atoms. The molecule has 122 valence electrons. The minimum atomic E-state index is -0.913. The van der Waals surface area contributed by atoms with Crippen LogP contribution >= 0.6 is 11.3 Å². The Bertz CT molecular complexity index is 730. The molecule has 1 aliphatic rings. The highest BCUT2D eigenvalue weighted by atomic mass is 32.1. The lowest BCUT2D eigenvalue weighted by atomic mass is 9.71. The first-order valence-corrected chi connectivity index (χ1v) is 8.93. The van der Waals surface area contributed by atoms with E-state index < -0.39 is 11.4 Å². The molecular weight excluding hydrogens is 310 g/mol. The van der Waals surface area contributed by atoms with E-state index in [0.29, 0.717) is 24.2 Å². The van der Waals surface area contributed by atoms with Gasteiger partial charge in [-0.05, 0) is 42.3 Å². The number of aromatic nitrogens is 1. The van der Waals surface area contributed by atoms with Crippen molar-refractivity contribution in [3.05, 3.63) is 45.9 Å². The van der Waals surface area contributed by atoms with Crippen molar-refractivity contribution in [1.82, 2.24) is 4.57 Å². The molecule has 2 aromatic rings. The normalized spacial score (nSPS) is 21.0. The maximum Gasteiger partial charge on any atom is 0.315 e. The Labute approximate surface area is 139 Å². The number of carbonyl (C=O) groups excluding carboxylic acids is 1. The molecule has 0 spiro atoms. The molecule has 5 heteroatoms. The summed E-state index contributed by atoms with van der Waals surface area (Å²) >= 11 is 1.49. The second-order valence-corrected chi connectivity index (χ2v) is 7.26. The Hall–Kier alpha value is -1.88. The molecule has 0 aromatic carbocycles. The first-order valence-electron chi connectivity index (χ1n) is 7.98. The van der Waals surface area contributed by atoms with Gasteiger partial charge >= 0.3 is 5.97 Å². The Kier molecular flexibility index (Phi) is 4.15. The SMILES string of the molecule is CC(C)C1(C(=O)O)CCCCn2c(C(=O)c3ccsc3)ccc21. The minimum Gasteiger partial charge on any atom is -0.481 e. The van der Waals surface area contributed by atoms with Gasteiger partial charge in [0.05, 0.1) is 5.69 Å². The zero-order valence-corrected chi connectivity index (χ0v) is 14.2. The van der Waals surface area contributed by atoms with Crippen LogP contribution in [0.1, 0.15) is 54.9 Å². The molecule has 4 nitrogen and oxygen atoms in total. The third kappa shape index (κ3) is 2.43. The van der Waals surface area contributed by atoms with Crippen molar-refractivity contribution in [2.45, 2.75) is 45.1 Å². The molecule has 0 saturated heterocycles. The van der Waals surface area contributed by atoms with Crippen LogP contribution in [-0.4, -0.2) is 21.4 Å². The van der Waals surface area contributed by atoms with E-state index in [1.54, 1.807) is 6.07 Å². The molecule has 0 aliphatic carbocycles. The van der Waals surface area contributed by atoms with E-state index in [1.165, 1.54) is 11.3 Å². The molecule has 0 bridgehead atoms. The number of hydrogen-bond acceptors (Lipinski definition) is 3. The highest BCUT2D eigenvalue weighted by Crippen LogP contribution is 2.41. The summed E-state index contributed by atoms with van der Waals surface area (Å²) < 4.78 is 1.95. The summed E-state index contributed by atoms with van der Waals surface area (Å²) in [6, 6.07) is 5.45. The second kappa shape index (κ2) is 5.96. The average Bonchev–Trinajstić information content (AvgIpc) is 3.13. The van der Waals surface area contributed by atoms with Gasteiger partial charge in [-0.25, -0.2) is 0 Å². The number of thiophene rings is 1. The molecule has 3 rings (SSSR count). The van der Waals surface area contributed by atoms with Crippen molar-refractivity contribution in [3.8, 4) is 0 Å². The Morgan fingerprint density at radius 2 is 2.04 bits per heavy atom. The van der Waals surface area contributed by atoms with Crippen LogP contribution in [0.5, 0.6) is 0 Å². The van der Waals surface area contributed by atoms with E-state index in [1.807, 2.05) is 41.3 Å². The summed E-state index contributed by atoms with van der Waals surface area (Å²) in [6.07, 6.45) is 2.38. The van der Waals surface area contributed by atoms with Crippen molar-refractivity contribution in [3.63, 3.8) is 0 Å². The maximum atomic E-state index is 12.7. The molecule has 1 unspecified atom stereocenters. The summed E-state index contributed by atoms with van der Waals surface area (Å²) in [4.78, 5) is 24.9. The number of carbonyl (C=O) groups is 2. The van der Waals surface area contributed by atoms with Crippen LogP contribution in [0, 0.1) is 5.92 Å². The average molecular weight is 331 g/mol. The van der Waals surface area contributed by atoms with Gasteiger partial charge in [0.15, 0.2) is 0 Å². The topological polar surface area (TPSA) is 59.3 Å². The van der Waals surface area contributed by atoms with E-state index in [2.05, 4.69) is 0 Å². The smallest absolute Gasteiger partial charge is 0.315 e. The van der Waals surface area contributed by atoms with E-state index in [-0.39, 0.29) is 11.7 Å². The molecule has 0 amide bonds. The van der Waals surface area contributed by atoms with Gasteiger partial charge in [-0.3, -0.25) is 9.59 Å². The van der Waals surface area contributed by atoms with Gasteiger partial charge in [-0.2, -0.15) is 11.3 Å². The second-order valence-electron chi connectivity index (χ2n) is 6.48. The number of ketones is 1. The largest absolute Gasteiger partial charge is 0.481 e. The molecular formula is C18H21NO3S. The number of nitrogens with zero attached hydrogens (tertiary/aromatic N) is 1. The zero-order valence-electron chi connectivity index (χ0n) is 13.4. The van der Waals surface area contributed by atoms with E-state index in [9.17, 15) is 14.7 Å². The molecule has 3 heterocycles. The van der Waals surface area contributed by atoms with Crippen LogP contribution < -0.4 is 0 Å². The lowest BCUT2D eigenvalue weighted by molar-refractivity contribution is -0.146. The van der Waals surface area contributed by atoms with E-state index >= 15 is 0 Å². The van der Waals surface area contributed by atoms with Crippen LogP contribution in [0.2, 0.25) is 0 Å². The van der Waals surface area contributed by atoms with Gasteiger partial charge < -0.3 is 9.67 Å². The van der Waals surface area contributed by atoms with Crippen LogP contribution in [0.3, 0.4) is 0 Å².